The predicted octanol–water partition coefficient (Wildman–Crippen LogP) is 3.00. The van der Waals surface area contributed by atoms with Crippen molar-refractivity contribution in [2.24, 2.45) is 0 Å². The van der Waals surface area contributed by atoms with Crippen LogP contribution in [0.4, 0.5) is 5.69 Å². The van der Waals surface area contributed by atoms with E-state index in [1.807, 2.05) is 26.0 Å². The van der Waals surface area contributed by atoms with Crippen molar-refractivity contribution >= 4 is 21.6 Å². The van der Waals surface area contributed by atoms with Crippen LogP contribution in [0.5, 0.6) is 0 Å². The maximum Gasteiger partial charge on any atom is 0.251 e. The Bertz CT molecular complexity index is 1250. The van der Waals surface area contributed by atoms with Crippen LogP contribution in [0.1, 0.15) is 53.0 Å². The van der Waals surface area contributed by atoms with E-state index in [2.05, 4.69) is 25.6 Å². The van der Waals surface area contributed by atoms with Crippen molar-refractivity contribution in [1.29, 1.82) is 0 Å². The van der Waals surface area contributed by atoms with Gasteiger partial charge in [-0.2, -0.15) is 4.31 Å². The Morgan fingerprint density at radius 3 is 2.62 bits per heavy atom. The quantitative estimate of drug-likeness (QED) is 0.431. The lowest BCUT2D eigenvalue weighted by atomic mass is 10.1. The molecule has 1 aromatic carbocycles. The molecule has 9 nitrogen and oxygen atoms in total. The summed E-state index contributed by atoms with van der Waals surface area (Å²) in [5.74, 6) is 0.533. The Balaban J connectivity index is 1.60. The zero-order chi connectivity index (χ0) is 24.1. The van der Waals surface area contributed by atoms with E-state index in [0.29, 0.717) is 25.3 Å². The molecule has 3 aromatic rings. The largest absolute Gasteiger partial charge is 0.379 e. The summed E-state index contributed by atoms with van der Waals surface area (Å²) in [6, 6.07) is 10.2. The lowest BCUT2D eigenvalue weighted by Gasteiger charge is -2.18. The van der Waals surface area contributed by atoms with Crippen molar-refractivity contribution in [3.63, 3.8) is 0 Å². The number of benzene rings is 1. The van der Waals surface area contributed by atoms with E-state index < -0.39 is 10.0 Å². The Labute approximate surface area is 200 Å². The molecule has 2 aromatic heterocycles. The third-order valence-corrected chi connectivity index (χ3v) is 7.73. The van der Waals surface area contributed by atoms with Crippen LogP contribution >= 0.6 is 0 Å². The number of rotatable bonds is 9. The number of aryl methyl sites for hydroxylation is 2. The molecule has 4 rings (SSSR count). The second kappa shape index (κ2) is 10.4. The fourth-order valence-corrected chi connectivity index (χ4v) is 5.51. The van der Waals surface area contributed by atoms with Crippen LogP contribution in [0.2, 0.25) is 0 Å². The van der Waals surface area contributed by atoms with Gasteiger partial charge in [-0.25, -0.2) is 13.4 Å². The first-order valence-corrected chi connectivity index (χ1v) is 12.9. The average Bonchev–Trinajstić information content (AvgIpc) is 3.52. The summed E-state index contributed by atoms with van der Waals surface area (Å²) in [6.45, 7) is 5.62. The maximum atomic E-state index is 13.3. The molecule has 34 heavy (non-hydrogen) atoms. The van der Waals surface area contributed by atoms with Gasteiger partial charge in [-0.15, -0.1) is 0 Å². The van der Waals surface area contributed by atoms with Crippen LogP contribution in [-0.2, 0) is 29.5 Å². The second-order valence-corrected chi connectivity index (χ2v) is 10.3. The summed E-state index contributed by atoms with van der Waals surface area (Å²) < 4.78 is 28.0. The third-order valence-electron chi connectivity index (χ3n) is 5.86. The van der Waals surface area contributed by atoms with Gasteiger partial charge in [0.25, 0.3) is 5.91 Å². The zero-order valence-electron chi connectivity index (χ0n) is 19.5. The number of carbonyl (C=O) groups excluding carboxylic acids is 1. The van der Waals surface area contributed by atoms with E-state index in [-0.39, 0.29) is 22.9 Å². The number of imidazole rings is 1. The van der Waals surface area contributed by atoms with Crippen molar-refractivity contribution < 1.29 is 13.2 Å². The molecule has 1 aliphatic rings. The first-order chi connectivity index (χ1) is 16.4. The highest BCUT2D eigenvalue weighted by atomic mass is 32.2. The number of carbonyl (C=O) groups is 1. The highest BCUT2D eigenvalue weighted by Gasteiger charge is 2.28. The SMILES string of the molecule is CCc1nc(CNc2cc(C(=O)NCc3ccccn3)cc(S(=O)(=O)N3CCCC3)c2)c(C)[nH]1. The minimum atomic E-state index is -3.70. The van der Waals surface area contributed by atoms with Crippen LogP contribution < -0.4 is 10.6 Å². The van der Waals surface area contributed by atoms with Gasteiger partial charge in [0.05, 0.1) is 29.4 Å². The number of sulfonamides is 1. The standard InChI is InChI=1S/C24H30N6O3S/c1-3-23-28-17(2)22(29-23)16-26-20-12-18(24(31)27-15-19-8-4-5-9-25-19)13-21(14-20)34(32,33)30-10-6-7-11-30/h4-5,8-9,12-14,26H,3,6-7,10-11,15-16H2,1-2H3,(H,27,31)(H,28,29). The smallest absolute Gasteiger partial charge is 0.251 e. The highest BCUT2D eigenvalue weighted by molar-refractivity contribution is 7.89. The summed E-state index contributed by atoms with van der Waals surface area (Å²) in [5.41, 5.74) is 3.34. The number of anilines is 1. The van der Waals surface area contributed by atoms with Crippen LogP contribution in [-0.4, -0.2) is 46.7 Å². The third kappa shape index (κ3) is 5.45. The lowest BCUT2D eigenvalue weighted by Crippen LogP contribution is -2.29. The Kier molecular flexibility index (Phi) is 7.28. The molecule has 0 unspecified atom stereocenters. The van der Waals surface area contributed by atoms with Crippen molar-refractivity contribution in [2.75, 3.05) is 18.4 Å². The number of hydrogen-bond donors (Lipinski definition) is 3. The lowest BCUT2D eigenvalue weighted by molar-refractivity contribution is 0.0950. The fraction of sp³-hybridized carbons (Fsp3) is 0.375. The molecule has 10 heteroatoms. The molecule has 0 atom stereocenters. The first-order valence-electron chi connectivity index (χ1n) is 11.5. The summed E-state index contributed by atoms with van der Waals surface area (Å²) >= 11 is 0. The van der Waals surface area contributed by atoms with Crippen LogP contribution in [0.25, 0.3) is 0 Å². The monoisotopic (exact) mass is 482 g/mol. The number of hydrogen-bond acceptors (Lipinski definition) is 6. The molecule has 1 saturated heterocycles. The van der Waals surface area contributed by atoms with Gasteiger partial charge in [-0.3, -0.25) is 9.78 Å². The van der Waals surface area contributed by atoms with Gasteiger partial charge >= 0.3 is 0 Å². The van der Waals surface area contributed by atoms with Gasteiger partial charge in [0.1, 0.15) is 5.82 Å². The fourth-order valence-electron chi connectivity index (χ4n) is 3.92. The molecule has 3 heterocycles. The predicted molar refractivity (Wildman–Crippen MR) is 130 cm³/mol. The van der Waals surface area contributed by atoms with E-state index in [1.54, 1.807) is 24.4 Å². The molecule has 0 aliphatic carbocycles. The Hall–Kier alpha value is -3.24. The molecule has 180 valence electrons. The van der Waals surface area contributed by atoms with Crippen LogP contribution in [0.15, 0.2) is 47.5 Å². The molecule has 1 aliphatic heterocycles. The van der Waals surface area contributed by atoms with Crippen molar-refractivity contribution in [3.05, 3.63) is 71.1 Å². The van der Waals surface area contributed by atoms with E-state index in [9.17, 15) is 13.2 Å². The number of aromatic nitrogens is 3. The van der Waals surface area contributed by atoms with E-state index in [1.165, 1.54) is 10.4 Å². The van der Waals surface area contributed by atoms with Gasteiger partial charge < -0.3 is 15.6 Å². The summed E-state index contributed by atoms with van der Waals surface area (Å²) in [7, 11) is -3.70. The van der Waals surface area contributed by atoms with Crippen molar-refractivity contribution in [3.8, 4) is 0 Å². The van der Waals surface area contributed by atoms with Gasteiger partial charge in [0, 0.05) is 42.7 Å². The molecule has 1 amide bonds. The Morgan fingerprint density at radius 2 is 1.94 bits per heavy atom. The minimum Gasteiger partial charge on any atom is -0.379 e. The number of amides is 1. The first kappa shape index (κ1) is 23.9. The second-order valence-electron chi connectivity index (χ2n) is 8.32. The zero-order valence-corrected chi connectivity index (χ0v) is 20.3. The molecule has 0 saturated carbocycles. The molecule has 0 bridgehead atoms. The average molecular weight is 483 g/mol. The molecular weight excluding hydrogens is 452 g/mol. The summed E-state index contributed by atoms with van der Waals surface area (Å²) in [5, 5.41) is 6.08. The number of nitrogens with zero attached hydrogens (tertiary/aromatic N) is 3. The number of pyridine rings is 1. The van der Waals surface area contributed by atoms with Crippen LogP contribution in [0.3, 0.4) is 0 Å². The molecule has 0 radical (unpaired) electrons. The normalized spacial score (nSPS) is 14.3. The number of aromatic amines is 1. The molecule has 1 fully saturated rings. The van der Waals surface area contributed by atoms with Gasteiger partial charge in [-0.05, 0) is 50.1 Å². The van der Waals surface area contributed by atoms with Gasteiger partial charge in [0.15, 0.2) is 0 Å². The topological polar surface area (TPSA) is 120 Å². The van der Waals surface area contributed by atoms with E-state index in [0.717, 1.165) is 42.2 Å². The van der Waals surface area contributed by atoms with Gasteiger partial charge in [-0.1, -0.05) is 13.0 Å². The molecule has 0 spiro atoms. The number of nitrogens with one attached hydrogen (secondary N) is 3. The summed E-state index contributed by atoms with van der Waals surface area (Å²) in [4.78, 5) is 25.1. The van der Waals surface area contributed by atoms with E-state index in [4.69, 9.17) is 0 Å². The maximum absolute atomic E-state index is 13.3. The summed E-state index contributed by atoms with van der Waals surface area (Å²) in [6.07, 6.45) is 4.14. The molecule has 3 N–H and O–H groups in total. The molecular formula is C24H30N6O3S. The van der Waals surface area contributed by atoms with Crippen molar-refractivity contribution in [1.82, 2.24) is 24.6 Å². The number of H-pyrrole nitrogens is 1. The highest BCUT2D eigenvalue weighted by Crippen LogP contribution is 2.25. The van der Waals surface area contributed by atoms with E-state index >= 15 is 0 Å². The van der Waals surface area contributed by atoms with Gasteiger partial charge in [0.2, 0.25) is 10.0 Å². The van der Waals surface area contributed by atoms with Crippen molar-refractivity contribution in [2.45, 2.75) is 51.1 Å². The van der Waals surface area contributed by atoms with Crippen LogP contribution in [0, 0.1) is 6.92 Å². The minimum absolute atomic E-state index is 0.107. The Morgan fingerprint density at radius 1 is 1.15 bits per heavy atom.